The van der Waals surface area contributed by atoms with E-state index >= 15 is 0 Å². The van der Waals surface area contributed by atoms with Gasteiger partial charge >= 0.3 is 5.69 Å². The van der Waals surface area contributed by atoms with Crippen LogP contribution in [0.1, 0.15) is 17.2 Å². The lowest BCUT2D eigenvalue weighted by atomic mass is 9.96. The van der Waals surface area contributed by atoms with Crippen molar-refractivity contribution < 1.29 is 9.66 Å². The number of nitro groups is 1. The largest absolute Gasteiger partial charge is 0.497 e. The first-order valence-corrected chi connectivity index (χ1v) is 14.3. The molecule has 0 atom stereocenters. The smallest absolute Gasteiger partial charge is 0.353 e. The molecule has 2 saturated heterocycles. The van der Waals surface area contributed by atoms with Gasteiger partial charge in [0.1, 0.15) is 12.1 Å². The number of benzene rings is 3. The summed E-state index contributed by atoms with van der Waals surface area (Å²) in [5.74, 6) is 1.62. The first kappa shape index (κ1) is 27.5. The number of rotatable bonds is 8. The first-order valence-electron chi connectivity index (χ1n) is 14.3. The molecule has 3 aromatic carbocycles. The van der Waals surface area contributed by atoms with E-state index in [1.54, 1.807) is 7.11 Å². The third-order valence-corrected chi connectivity index (χ3v) is 8.19. The van der Waals surface area contributed by atoms with Crippen molar-refractivity contribution >= 4 is 23.0 Å². The molecule has 0 bridgehead atoms. The zero-order chi connectivity index (χ0) is 28.9. The van der Waals surface area contributed by atoms with Crippen molar-refractivity contribution in [3.63, 3.8) is 0 Å². The summed E-state index contributed by atoms with van der Waals surface area (Å²) in [5.41, 5.74) is 3.57. The second kappa shape index (κ2) is 12.4. The van der Waals surface area contributed by atoms with Gasteiger partial charge in [0, 0.05) is 58.0 Å². The van der Waals surface area contributed by atoms with Crippen LogP contribution in [0.3, 0.4) is 0 Å². The van der Waals surface area contributed by atoms with Gasteiger partial charge in [-0.3, -0.25) is 15.0 Å². The molecule has 0 saturated carbocycles. The van der Waals surface area contributed by atoms with Gasteiger partial charge in [0.25, 0.3) is 0 Å². The van der Waals surface area contributed by atoms with E-state index in [1.165, 1.54) is 17.5 Å². The normalized spacial score (nSPS) is 16.1. The Balaban J connectivity index is 1.18. The average Bonchev–Trinajstić information content (AvgIpc) is 3.06. The molecule has 4 aromatic rings. The SMILES string of the molecule is COc1ccc(N2CCN(c3ncnc(N4CCN(C(c5ccccc5)c5ccccc5)CC4)c3[N+](=O)[O-])CC2)cc1. The van der Waals surface area contributed by atoms with Gasteiger partial charge in [0.05, 0.1) is 18.1 Å². The summed E-state index contributed by atoms with van der Waals surface area (Å²) >= 11 is 0. The molecule has 3 heterocycles. The Morgan fingerprint density at radius 2 is 1.17 bits per heavy atom. The van der Waals surface area contributed by atoms with E-state index in [0.717, 1.165) is 37.6 Å². The van der Waals surface area contributed by atoms with Gasteiger partial charge < -0.3 is 19.4 Å². The molecule has 0 radical (unpaired) electrons. The van der Waals surface area contributed by atoms with Crippen molar-refractivity contribution in [2.24, 2.45) is 0 Å². The molecule has 0 amide bonds. The second-order valence-electron chi connectivity index (χ2n) is 10.5. The fourth-order valence-electron chi connectivity index (χ4n) is 6.03. The van der Waals surface area contributed by atoms with Gasteiger partial charge in [0.2, 0.25) is 11.6 Å². The third kappa shape index (κ3) is 5.71. The number of hydrogen-bond donors (Lipinski definition) is 0. The molecule has 2 aliphatic rings. The van der Waals surface area contributed by atoms with Gasteiger partial charge in [-0.1, -0.05) is 60.7 Å². The van der Waals surface area contributed by atoms with E-state index in [0.29, 0.717) is 37.8 Å². The third-order valence-electron chi connectivity index (χ3n) is 8.19. The van der Waals surface area contributed by atoms with Crippen molar-refractivity contribution in [1.29, 1.82) is 0 Å². The monoisotopic (exact) mass is 565 g/mol. The number of nitrogens with zero attached hydrogens (tertiary/aromatic N) is 7. The summed E-state index contributed by atoms with van der Waals surface area (Å²) in [4.78, 5) is 29.8. The van der Waals surface area contributed by atoms with E-state index in [9.17, 15) is 10.1 Å². The molecule has 0 N–H and O–H groups in total. The molecular formula is C32H35N7O3. The fraction of sp³-hybridized carbons (Fsp3) is 0.312. The molecule has 10 heteroatoms. The molecule has 42 heavy (non-hydrogen) atoms. The highest BCUT2D eigenvalue weighted by molar-refractivity contribution is 5.72. The molecule has 2 fully saturated rings. The van der Waals surface area contributed by atoms with Gasteiger partial charge in [0.15, 0.2) is 0 Å². The van der Waals surface area contributed by atoms with E-state index in [1.807, 2.05) is 46.2 Å². The lowest BCUT2D eigenvalue weighted by Crippen LogP contribution is -2.49. The van der Waals surface area contributed by atoms with Crippen molar-refractivity contribution in [3.8, 4) is 5.75 Å². The minimum atomic E-state index is -0.316. The van der Waals surface area contributed by atoms with Crippen molar-refractivity contribution in [3.05, 3.63) is 112 Å². The number of hydrogen-bond acceptors (Lipinski definition) is 9. The molecule has 0 unspecified atom stereocenters. The molecule has 0 aliphatic carbocycles. The molecule has 216 valence electrons. The van der Waals surface area contributed by atoms with Crippen LogP contribution in [0.15, 0.2) is 91.3 Å². The van der Waals surface area contributed by atoms with Crippen molar-refractivity contribution in [2.75, 3.05) is 74.2 Å². The quantitative estimate of drug-likeness (QED) is 0.224. The zero-order valence-corrected chi connectivity index (χ0v) is 23.7. The molecule has 6 rings (SSSR count). The van der Waals surface area contributed by atoms with Crippen molar-refractivity contribution in [2.45, 2.75) is 6.04 Å². The van der Waals surface area contributed by atoms with E-state index in [2.05, 4.69) is 68.3 Å². The fourth-order valence-corrected chi connectivity index (χ4v) is 6.03. The maximum atomic E-state index is 12.5. The average molecular weight is 566 g/mol. The van der Waals surface area contributed by atoms with Crippen LogP contribution in [0, 0.1) is 10.1 Å². The van der Waals surface area contributed by atoms with Crippen LogP contribution in [-0.4, -0.2) is 79.3 Å². The number of anilines is 3. The molecular weight excluding hydrogens is 530 g/mol. The summed E-state index contributed by atoms with van der Waals surface area (Å²) in [5, 5.41) is 12.5. The maximum absolute atomic E-state index is 12.5. The first-order chi connectivity index (χ1) is 20.6. The predicted molar refractivity (Wildman–Crippen MR) is 165 cm³/mol. The Morgan fingerprint density at radius 3 is 1.64 bits per heavy atom. The Labute approximate surface area is 245 Å². The Bertz CT molecular complexity index is 1430. The van der Waals surface area contributed by atoms with Crippen LogP contribution in [0.4, 0.5) is 23.0 Å². The van der Waals surface area contributed by atoms with Crippen LogP contribution in [0.5, 0.6) is 5.75 Å². The minimum Gasteiger partial charge on any atom is -0.497 e. The zero-order valence-electron chi connectivity index (χ0n) is 23.7. The molecule has 10 nitrogen and oxygen atoms in total. The van der Waals surface area contributed by atoms with E-state index < -0.39 is 0 Å². The maximum Gasteiger partial charge on any atom is 0.353 e. The van der Waals surface area contributed by atoms with Crippen LogP contribution in [0.25, 0.3) is 0 Å². The molecule has 2 aliphatic heterocycles. The van der Waals surface area contributed by atoms with Crippen LogP contribution < -0.4 is 19.4 Å². The van der Waals surface area contributed by atoms with Crippen LogP contribution >= 0.6 is 0 Å². The number of methoxy groups -OCH3 is 1. The lowest BCUT2D eigenvalue weighted by Gasteiger charge is -2.40. The number of ether oxygens (including phenoxy) is 1. The highest BCUT2D eigenvalue weighted by Gasteiger charge is 2.34. The van der Waals surface area contributed by atoms with Gasteiger partial charge in [-0.2, -0.15) is 0 Å². The predicted octanol–water partition coefficient (Wildman–Crippen LogP) is 4.63. The van der Waals surface area contributed by atoms with Crippen molar-refractivity contribution in [1.82, 2.24) is 14.9 Å². The molecule has 0 spiro atoms. The van der Waals surface area contributed by atoms with E-state index in [-0.39, 0.29) is 16.7 Å². The minimum absolute atomic E-state index is 0.00786. The van der Waals surface area contributed by atoms with Crippen LogP contribution in [-0.2, 0) is 0 Å². The Hall–Kier alpha value is -4.70. The number of piperazine rings is 2. The highest BCUT2D eigenvalue weighted by atomic mass is 16.6. The standard InChI is InChI=1S/C32H35N7O3/c1-42-28-14-12-27(13-15-28)35-16-20-37(21-17-35)31-30(39(40)41)32(34-24-33-31)38-22-18-36(19-23-38)29(25-8-4-2-5-9-25)26-10-6-3-7-11-26/h2-15,24,29H,16-23H2,1H3. The van der Waals surface area contributed by atoms with Gasteiger partial charge in [-0.15, -0.1) is 0 Å². The molecule has 1 aromatic heterocycles. The summed E-state index contributed by atoms with van der Waals surface area (Å²) in [6.07, 6.45) is 1.47. The highest BCUT2D eigenvalue weighted by Crippen LogP contribution is 2.37. The Morgan fingerprint density at radius 1 is 0.690 bits per heavy atom. The number of aromatic nitrogens is 2. The van der Waals surface area contributed by atoms with Crippen LogP contribution in [0.2, 0.25) is 0 Å². The van der Waals surface area contributed by atoms with E-state index in [4.69, 9.17) is 4.74 Å². The summed E-state index contributed by atoms with van der Waals surface area (Å²) < 4.78 is 5.27. The van der Waals surface area contributed by atoms with Gasteiger partial charge in [-0.25, -0.2) is 9.97 Å². The lowest BCUT2D eigenvalue weighted by molar-refractivity contribution is -0.383. The summed E-state index contributed by atoms with van der Waals surface area (Å²) in [6, 6.07) is 29.1. The van der Waals surface area contributed by atoms with Gasteiger partial charge in [-0.05, 0) is 35.4 Å². The second-order valence-corrected chi connectivity index (χ2v) is 10.5. The topological polar surface area (TPSA) is 91.1 Å². The summed E-state index contributed by atoms with van der Waals surface area (Å²) in [6.45, 7) is 5.53. The Kier molecular flexibility index (Phi) is 8.14. The summed E-state index contributed by atoms with van der Waals surface area (Å²) in [7, 11) is 1.66.